The predicted molar refractivity (Wildman–Crippen MR) is 61.2 cm³/mol. The molecule has 1 heterocycles. The van der Waals surface area contributed by atoms with Crippen molar-refractivity contribution in [2.45, 2.75) is 33.2 Å². The molecule has 0 aliphatic heterocycles. The van der Waals surface area contributed by atoms with Crippen molar-refractivity contribution in [3.8, 4) is 0 Å². The first-order valence-corrected chi connectivity index (χ1v) is 5.27. The first kappa shape index (κ1) is 12.4. The molecule has 0 spiro atoms. The van der Waals surface area contributed by atoms with Gasteiger partial charge < -0.3 is 5.32 Å². The van der Waals surface area contributed by atoms with Crippen molar-refractivity contribution in [2.24, 2.45) is 5.92 Å². The summed E-state index contributed by atoms with van der Waals surface area (Å²) in [5.41, 5.74) is -0.0956. The van der Waals surface area contributed by atoms with E-state index in [0.717, 1.165) is 6.42 Å². The molecule has 1 rings (SSSR count). The van der Waals surface area contributed by atoms with E-state index in [1.165, 1.54) is 12.4 Å². The van der Waals surface area contributed by atoms with E-state index < -0.39 is 4.92 Å². The van der Waals surface area contributed by atoms with Gasteiger partial charge in [0.1, 0.15) is 12.4 Å². The van der Waals surface area contributed by atoms with Gasteiger partial charge in [0.15, 0.2) is 0 Å². The van der Waals surface area contributed by atoms with E-state index in [0.29, 0.717) is 11.9 Å². The minimum absolute atomic E-state index is 0.0956. The van der Waals surface area contributed by atoms with Crippen molar-refractivity contribution >= 4 is 11.6 Å². The van der Waals surface area contributed by atoms with Crippen molar-refractivity contribution in [3.05, 3.63) is 22.5 Å². The van der Waals surface area contributed by atoms with E-state index >= 15 is 0 Å². The number of aromatic nitrogens is 2. The Bertz CT molecular complexity index is 352. The Hall–Kier alpha value is -1.72. The first-order valence-electron chi connectivity index (χ1n) is 5.27. The molecule has 16 heavy (non-hydrogen) atoms. The zero-order chi connectivity index (χ0) is 12.1. The second-order valence-corrected chi connectivity index (χ2v) is 3.84. The maximum absolute atomic E-state index is 10.4. The quantitative estimate of drug-likeness (QED) is 0.612. The zero-order valence-electron chi connectivity index (χ0n) is 9.67. The minimum atomic E-state index is -0.512. The maximum atomic E-state index is 10.4. The van der Waals surface area contributed by atoms with Gasteiger partial charge in [-0.3, -0.25) is 10.1 Å². The molecule has 0 aliphatic rings. The largest absolute Gasteiger partial charge is 0.351 e. The van der Waals surface area contributed by atoms with Gasteiger partial charge >= 0.3 is 5.69 Å². The summed E-state index contributed by atoms with van der Waals surface area (Å²) in [7, 11) is 0. The van der Waals surface area contributed by atoms with E-state index in [4.69, 9.17) is 0 Å². The van der Waals surface area contributed by atoms with Crippen LogP contribution >= 0.6 is 0 Å². The van der Waals surface area contributed by atoms with Crippen LogP contribution in [0.4, 0.5) is 11.6 Å². The molecule has 0 amide bonds. The number of rotatable bonds is 5. The molecule has 0 radical (unpaired) electrons. The molecule has 2 unspecified atom stereocenters. The molecule has 0 bridgehead atoms. The number of nitro groups is 1. The molecule has 88 valence electrons. The SMILES string of the molecule is CCC(C)C(C)Nc1ncc([N+](=O)[O-])cn1. The topological polar surface area (TPSA) is 81.0 Å². The second-order valence-electron chi connectivity index (χ2n) is 3.84. The Labute approximate surface area is 94.3 Å². The lowest BCUT2D eigenvalue weighted by Crippen LogP contribution is -2.24. The van der Waals surface area contributed by atoms with Crippen LogP contribution in [0.15, 0.2) is 12.4 Å². The van der Waals surface area contributed by atoms with Crippen LogP contribution in [0, 0.1) is 16.0 Å². The van der Waals surface area contributed by atoms with Crippen LogP contribution < -0.4 is 5.32 Å². The third-order valence-corrected chi connectivity index (χ3v) is 2.70. The Balaban J connectivity index is 2.65. The van der Waals surface area contributed by atoms with E-state index in [1.54, 1.807) is 0 Å². The fourth-order valence-electron chi connectivity index (χ4n) is 1.19. The number of nitrogens with one attached hydrogen (secondary N) is 1. The summed E-state index contributed by atoms with van der Waals surface area (Å²) in [6, 6.07) is 0.242. The van der Waals surface area contributed by atoms with Gasteiger partial charge in [0, 0.05) is 6.04 Å². The number of hydrogen-bond acceptors (Lipinski definition) is 5. The van der Waals surface area contributed by atoms with Gasteiger partial charge in [-0.2, -0.15) is 0 Å². The molecular weight excluding hydrogens is 208 g/mol. The van der Waals surface area contributed by atoms with Crippen LogP contribution in [0.3, 0.4) is 0 Å². The third-order valence-electron chi connectivity index (χ3n) is 2.70. The van der Waals surface area contributed by atoms with Gasteiger partial charge in [0.25, 0.3) is 0 Å². The van der Waals surface area contributed by atoms with Gasteiger partial charge in [-0.15, -0.1) is 0 Å². The Morgan fingerprint density at radius 2 is 2.00 bits per heavy atom. The lowest BCUT2D eigenvalue weighted by Gasteiger charge is -2.19. The first-order chi connectivity index (χ1) is 7.54. The normalized spacial score (nSPS) is 14.2. The number of nitrogens with zero attached hydrogens (tertiary/aromatic N) is 3. The summed E-state index contributed by atoms with van der Waals surface area (Å²) in [5, 5.41) is 13.5. The second kappa shape index (κ2) is 5.39. The van der Waals surface area contributed by atoms with Crippen LogP contribution in [0.1, 0.15) is 27.2 Å². The molecule has 6 nitrogen and oxygen atoms in total. The molecule has 6 heteroatoms. The van der Waals surface area contributed by atoms with Crippen LogP contribution in [0.2, 0.25) is 0 Å². The molecule has 0 fully saturated rings. The summed E-state index contributed by atoms with van der Waals surface area (Å²) < 4.78 is 0. The highest BCUT2D eigenvalue weighted by Gasteiger charge is 2.12. The predicted octanol–water partition coefficient (Wildman–Crippen LogP) is 2.23. The van der Waals surface area contributed by atoms with Gasteiger partial charge in [-0.1, -0.05) is 20.3 Å². The molecule has 0 aromatic carbocycles. The van der Waals surface area contributed by atoms with E-state index in [-0.39, 0.29) is 11.7 Å². The lowest BCUT2D eigenvalue weighted by atomic mass is 10.0. The average Bonchev–Trinajstić information content (AvgIpc) is 2.28. The van der Waals surface area contributed by atoms with Gasteiger partial charge in [-0.25, -0.2) is 9.97 Å². The van der Waals surface area contributed by atoms with Crippen LogP contribution in [-0.4, -0.2) is 20.9 Å². The van der Waals surface area contributed by atoms with E-state index in [1.807, 2.05) is 6.92 Å². The highest BCUT2D eigenvalue weighted by molar-refractivity contribution is 5.31. The molecule has 0 saturated carbocycles. The molecular formula is C10H16N4O2. The smallest absolute Gasteiger partial charge is 0.305 e. The van der Waals surface area contributed by atoms with Crippen molar-refractivity contribution in [3.63, 3.8) is 0 Å². The molecule has 0 saturated heterocycles. The van der Waals surface area contributed by atoms with Gasteiger partial charge in [-0.05, 0) is 12.8 Å². The summed E-state index contributed by atoms with van der Waals surface area (Å²) in [5.74, 6) is 0.928. The lowest BCUT2D eigenvalue weighted by molar-refractivity contribution is -0.385. The third kappa shape index (κ3) is 3.15. The molecule has 2 atom stereocenters. The number of anilines is 1. The monoisotopic (exact) mass is 224 g/mol. The van der Waals surface area contributed by atoms with Gasteiger partial charge in [0.05, 0.1) is 4.92 Å². The van der Waals surface area contributed by atoms with Crippen molar-refractivity contribution in [1.29, 1.82) is 0 Å². The van der Waals surface area contributed by atoms with Crippen molar-refractivity contribution < 1.29 is 4.92 Å². The molecule has 1 aromatic heterocycles. The minimum Gasteiger partial charge on any atom is -0.351 e. The standard InChI is InChI=1S/C10H16N4O2/c1-4-7(2)8(3)13-10-11-5-9(6-12-10)14(15)16/h5-8H,4H2,1-3H3,(H,11,12,13). The highest BCUT2D eigenvalue weighted by atomic mass is 16.6. The summed E-state index contributed by atoms with van der Waals surface area (Å²) in [6.45, 7) is 6.28. The van der Waals surface area contributed by atoms with Crippen LogP contribution in [0.5, 0.6) is 0 Å². The summed E-state index contributed by atoms with van der Waals surface area (Å²) in [6.07, 6.45) is 3.47. The van der Waals surface area contributed by atoms with Crippen LogP contribution in [-0.2, 0) is 0 Å². The fourth-order valence-corrected chi connectivity index (χ4v) is 1.19. The fraction of sp³-hybridized carbons (Fsp3) is 0.600. The summed E-state index contributed by atoms with van der Waals surface area (Å²) >= 11 is 0. The molecule has 1 N–H and O–H groups in total. The van der Waals surface area contributed by atoms with Gasteiger partial charge in [0.2, 0.25) is 5.95 Å². The summed E-state index contributed by atoms with van der Waals surface area (Å²) in [4.78, 5) is 17.7. The zero-order valence-corrected chi connectivity index (χ0v) is 9.67. The molecule has 0 aliphatic carbocycles. The molecule has 1 aromatic rings. The van der Waals surface area contributed by atoms with Crippen molar-refractivity contribution in [1.82, 2.24) is 9.97 Å². The average molecular weight is 224 g/mol. The van der Waals surface area contributed by atoms with E-state index in [2.05, 4.69) is 29.1 Å². The number of hydrogen-bond donors (Lipinski definition) is 1. The van der Waals surface area contributed by atoms with E-state index in [9.17, 15) is 10.1 Å². The highest BCUT2D eigenvalue weighted by Crippen LogP contribution is 2.13. The Kier molecular flexibility index (Phi) is 4.16. The maximum Gasteiger partial charge on any atom is 0.305 e. The van der Waals surface area contributed by atoms with Crippen molar-refractivity contribution in [2.75, 3.05) is 5.32 Å². The Morgan fingerprint density at radius 1 is 1.44 bits per heavy atom. The Morgan fingerprint density at radius 3 is 2.44 bits per heavy atom. The van der Waals surface area contributed by atoms with Crippen LogP contribution in [0.25, 0.3) is 0 Å².